The highest BCUT2D eigenvalue weighted by molar-refractivity contribution is 7.26. The number of thiophene rings is 1. The molecular formula is C41H27N3S. The Morgan fingerprint density at radius 3 is 2.44 bits per heavy atom. The van der Waals surface area contributed by atoms with Crippen molar-refractivity contribution in [2.24, 2.45) is 0 Å². The third-order valence-corrected chi connectivity index (χ3v) is 11.1. The quantitative estimate of drug-likeness (QED) is 0.200. The van der Waals surface area contributed by atoms with E-state index in [0.717, 1.165) is 28.3 Å². The van der Waals surface area contributed by atoms with E-state index in [2.05, 4.69) is 139 Å². The number of aromatic nitrogens is 2. The molecule has 0 atom stereocenters. The summed E-state index contributed by atoms with van der Waals surface area (Å²) in [5.74, 6) is 0. The molecule has 0 fully saturated rings. The Balaban J connectivity index is 1.20. The number of fused-ring (bicyclic) bond motifs is 9. The molecule has 0 saturated carbocycles. The van der Waals surface area contributed by atoms with E-state index in [9.17, 15) is 0 Å². The van der Waals surface area contributed by atoms with Crippen molar-refractivity contribution in [2.75, 3.05) is 4.90 Å². The molecule has 2 aromatic heterocycles. The van der Waals surface area contributed by atoms with Crippen LogP contribution in [0.3, 0.4) is 0 Å². The van der Waals surface area contributed by atoms with Crippen LogP contribution in [0.15, 0.2) is 128 Å². The molecule has 8 aromatic rings. The van der Waals surface area contributed by atoms with Crippen LogP contribution in [0, 0.1) is 0 Å². The first-order valence-corrected chi connectivity index (χ1v) is 16.2. The van der Waals surface area contributed by atoms with Crippen molar-refractivity contribution >= 4 is 59.3 Å². The molecule has 1 aliphatic carbocycles. The number of hydrogen-bond acceptors (Lipinski definition) is 4. The number of benzene rings is 6. The predicted molar refractivity (Wildman–Crippen MR) is 189 cm³/mol. The molecule has 0 amide bonds. The molecule has 2 aliphatic rings. The van der Waals surface area contributed by atoms with Crippen LogP contribution in [0.2, 0.25) is 0 Å². The number of anilines is 3. The Morgan fingerprint density at radius 1 is 0.667 bits per heavy atom. The SMILES string of the molecule is CC1(C)c2cc(N3c4cncnc4-c4cc(-c5ccccc5)cc5cccc3c45)ccc2-c2c1ccc1c2sc2ccccc21. The normalized spacial score (nSPS) is 14.1. The van der Waals surface area contributed by atoms with E-state index in [1.165, 1.54) is 64.3 Å². The highest BCUT2D eigenvalue weighted by Crippen LogP contribution is 2.56. The Morgan fingerprint density at radius 2 is 1.53 bits per heavy atom. The summed E-state index contributed by atoms with van der Waals surface area (Å²) < 4.78 is 2.73. The highest BCUT2D eigenvalue weighted by Gasteiger charge is 2.38. The lowest BCUT2D eigenvalue weighted by Gasteiger charge is -2.33. The highest BCUT2D eigenvalue weighted by atomic mass is 32.1. The zero-order chi connectivity index (χ0) is 29.9. The smallest absolute Gasteiger partial charge is 0.116 e. The summed E-state index contributed by atoms with van der Waals surface area (Å²) in [6.07, 6.45) is 3.64. The zero-order valence-electron chi connectivity index (χ0n) is 24.9. The maximum Gasteiger partial charge on any atom is 0.116 e. The van der Waals surface area contributed by atoms with Gasteiger partial charge in [-0.1, -0.05) is 92.7 Å². The van der Waals surface area contributed by atoms with Crippen molar-refractivity contribution in [2.45, 2.75) is 19.3 Å². The number of hydrogen-bond donors (Lipinski definition) is 0. The maximum absolute atomic E-state index is 4.89. The molecular weight excluding hydrogens is 567 g/mol. The van der Waals surface area contributed by atoms with E-state index in [1.54, 1.807) is 6.33 Å². The molecule has 0 spiro atoms. The lowest BCUT2D eigenvalue weighted by molar-refractivity contribution is 0.661. The molecule has 0 N–H and O–H groups in total. The van der Waals surface area contributed by atoms with Gasteiger partial charge in [-0.3, -0.25) is 0 Å². The second-order valence-electron chi connectivity index (χ2n) is 12.7. The summed E-state index contributed by atoms with van der Waals surface area (Å²) in [7, 11) is 0. The maximum atomic E-state index is 4.89. The lowest BCUT2D eigenvalue weighted by Crippen LogP contribution is -2.18. The molecule has 0 saturated heterocycles. The van der Waals surface area contributed by atoms with Gasteiger partial charge in [-0.25, -0.2) is 9.97 Å². The molecule has 6 aromatic carbocycles. The van der Waals surface area contributed by atoms with Gasteiger partial charge < -0.3 is 4.90 Å². The van der Waals surface area contributed by atoms with Crippen LogP contribution in [0.1, 0.15) is 25.0 Å². The van der Waals surface area contributed by atoms with Gasteiger partial charge in [-0.2, -0.15) is 0 Å². The Labute approximate surface area is 265 Å². The van der Waals surface area contributed by atoms with Crippen molar-refractivity contribution < 1.29 is 0 Å². The van der Waals surface area contributed by atoms with Crippen LogP contribution >= 0.6 is 11.3 Å². The van der Waals surface area contributed by atoms with Gasteiger partial charge in [0.05, 0.1) is 23.3 Å². The Hall–Kier alpha value is -5.32. The second kappa shape index (κ2) is 8.87. The fourth-order valence-electron chi connectivity index (χ4n) is 7.81. The van der Waals surface area contributed by atoms with Crippen LogP contribution in [-0.2, 0) is 5.41 Å². The molecule has 4 heteroatoms. The summed E-state index contributed by atoms with van der Waals surface area (Å²) in [6, 6.07) is 42.3. The molecule has 1 aliphatic heterocycles. The van der Waals surface area contributed by atoms with E-state index in [0.29, 0.717) is 0 Å². The first-order chi connectivity index (χ1) is 22.1. The largest absolute Gasteiger partial charge is 0.306 e. The van der Waals surface area contributed by atoms with Gasteiger partial charge in [0.15, 0.2) is 0 Å². The minimum Gasteiger partial charge on any atom is -0.306 e. The van der Waals surface area contributed by atoms with E-state index < -0.39 is 0 Å². The van der Waals surface area contributed by atoms with Crippen LogP contribution in [0.5, 0.6) is 0 Å². The summed E-state index contributed by atoms with van der Waals surface area (Å²) in [4.78, 5) is 11.8. The fourth-order valence-corrected chi connectivity index (χ4v) is 9.07. The van der Waals surface area contributed by atoms with Gasteiger partial charge in [-0.05, 0) is 69.6 Å². The Kier molecular flexibility index (Phi) is 4.94. The minimum atomic E-state index is -0.134. The summed E-state index contributed by atoms with van der Waals surface area (Å²) in [5, 5.41) is 5.12. The molecule has 0 unspecified atom stereocenters. The average Bonchev–Trinajstić information content (AvgIpc) is 3.57. The standard InChI is InChI=1S/C41H27N3S/c1-41(2)32-18-17-29-28-12-6-7-14-36(28)45-40(29)38(32)30-16-15-27(21-33(30)41)44-34-13-8-11-25-19-26(24-9-4-3-5-10-24)20-31(37(25)34)39-35(44)22-42-23-43-39/h3-23H,1-2H3. The molecule has 3 nitrogen and oxygen atoms in total. The fraction of sp³-hybridized carbons (Fsp3) is 0.0732. The Bertz CT molecular complexity index is 2530. The molecule has 212 valence electrons. The molecule has 3 heterocycles. The first-order valence-electron chi connectivity index (χ1n) is 15.4. The third-order valence-electron chi connectivity index (χ3n) is 9.92. The van der Waals surface area contributed by atoms with Crippen molar-refractivity contribution in [1.82, 2.24) is 9.97 Å². The first kappa shape index (κ1) is 25.1. The van der Waals surface area contributed by atoms with Gasteiger partial charge in [0, 0.05) is 47.8 Å². The van der Waals surface area contributed by atoms with Crippen LogP contribution < -0.4 is 4.90 Å². The van der Waals surface area contributed by atoms with Crippen LogP contribution in [-0.4, -0.2) is 9.97 Å². The van der Waals surface area contributed by atoms with Gasteiger partial charge in [0.2, 0.25) is 0 Å². The van der Waals surface area contributed by atoms with Crippen LogP contribution in [0.4, 0.5) is 17.1 Å². The third kappa shape index (κ3) is 3.35. The monoisotopic (exact) mass is 593 g/mol. The van der Waals surface area contributed by atoms with Gasteiger partial charge in [0.1, 0.15) is 6.33 Å². The van der Waals surface area contributed by atoms with Crippen molar-refractivity contribution in [1.29, 1.82) is 0 Å². The molecule has 45 heavy (non-hydrogen) atoms. The van der Waals surface area contributed by atoms with E-state index >= 15 is 0 Å². The number of nitrogens with zero attached hydrogens (tertiary/aromatic N) is 3. The van der Waals surface area contributed by atoms with E-state index in [4.69, 9.17) is 4.98 Å². The summed E-state index contributed by atoms with van der Waals surface area (Å²) in [5.41, 5.74) is 13.1. The van der Waals surface area contributed by atoms with Crippen molar-refractivity contribution in [3.05, 3.63) is 139 Å². The molecule has 0 bridgehead atoms. The van der Waals surface area contributed by atoms with Crippen LogP contribution in [0.25, 0.3) is 64.5 Å². The zero-order valence-corrected chi connectivity index (χ0v) is 25.7. The molecule has 10 rings (SSSR count). The predicted octanol–water partition coefficient (Wildman–Crippen LogP) is 11.4. The molecule has 0 radical (unpaired) electrons. The average molecular weight is 594 g/mol. The lowest BCUT2D eigenvalue weighted by atomic mass is 9.82. The summed E-state index contributed by atoms with van der Waals surface area (Å²) in [6.45, 7) is 4.74. The second-order valence-corrected chi connectivity index (χ2v) is 13.7. The van der Waals surface area contributed by atoms with Crippen molar-refractivity contribution in [3.63, 3.8) is 0 Å². The van der Waals surface area contributed by atoms with Gasteiger partial charge in [-0.15, -0.1) is 11.3 Å². The van der Waals surface area contributed by atoms with Gasteiger partial charge >= 0.3 is 0 Å². The topological polar surface area (TPSA) is 29.0 Å². The number of rotatable bonds is 2. The van der Waals surface area contributed by atoms with E-state index in [1.807, 2.05) is 17.5 Å². The van der Waals surface area contributed by atoms with Gasteiger partial charge in [0.25, 0.3) is 0 Å². The van der Waals surface area contributed by atoms with Crippen molar-refractivity contribution in [3.8, 4) is 33.5 Å². The summed E-state index contributed by atoms with van der Waals surface area (Å²) >= 11 is 1.92. The van der Waals surface area contributed by atoms with E-state index in [-0.39, 0.29) is 5.41 Å². The minimum absolute atomic E-state index is 0.134.